The molecule has 0 fully saturated rings. The van der Waals surface area contributed by atoms with Crippen molar-refractivity contribution in [3.05, 3.63) is 35.4 Å². The first-order valence-electron chi connectivity index (χ1n) is 3.53. The van der Waals surface area contributed by atoms with Crippen molar-refractivity contribution in [2.75, 3.05) is 5.34 Å². The Labute approximate surface area is 82.9 Å². The molecule has 0 aliphatic rings. The molecule has 0 atom stereocenters. The monoisotopic (exact) mass is 206 g/mol. The zero-order chi connectivity index (χ0) is 9.40. The number of benzene rings is 1. The molecule has 0 saturated carbocycles. The maximum Gasteiger partial charge on any atom is 0.0967 e. The number of rotatable bonds is 1. The molecule has 1 aromatic carbocycles. The minimum atomic E-state index is 0.146. The Morgan fingerprint density at radius 1 is 1.25 bits per heavy atom. The second-order valence-corrected chi connectivity index (χ2v) is 2.99. The fourth-order valence-electron chi connectivity index (χ4n) is 0.787. The lowest BCUT2D eigenvalue weighted by molar-refractivity contribution is 0.281. The van der Waals surface area contributed by atoms with Crippen LogP contribution >= 0.6 is 23.2 Å². The smallest absolute Gasteiger partial charge is 0.0967 e. The van der Waals surface area contributed by atoms with Crippen LogP contribution in [-0.2, 0) is 6.61 Å². The first kappa shape index (κ1) is 11.8. The second-order valence-electron chi connectivity index (χ2n) is 2.19. The number of alkyl halides is 2. The van der Waals surface area contributed by atoms with Crippen LogP contribution in [0.2, 0.25) is 0 Å². The van der Waals surface area contributed by atoms with Gasteiger partial charge in [0.1, 0.15) is 0 Å². The Hall–Kier alpha value is -0.240. The van der Waals surface area contributed by atoms with E-state index in [-0.39, 0.29) is 11.9 Å². The molecule has 0 bridgehead atoms. The van der Waals surface area contributed by atoms with E-state index in [9.17, 15) is 0 Å². The Morgan fingerprint density at radius 2 is 1.75 bits per heavy atom. The lowest BCUT2D eigenvalue weighted by atomic mass is 10.1. The number of halogens is 2. The molecular weight excluding hydrogens is 195 g/mol. The fourth-order valence-corrected chi connectivity index (χ4v) is 0.787. The molecule has 0 saturated heterocycles. The van der Waals surface area contributed by atoms with Crippen molar-refractivity contribution in [3.63, 3.8) is 0 Å². The van der Waals surface area contributed by atoms with Gasteiger partial charge in [0.15, 0.2) is 0 Å². The van der Waals surface area contributed by atoms with Gasteiger partial charge in [0, 0.05) is 0 Å². The summed E-state index contributed by atoms with van der Waals surface area (Å²) in [5, 5.41) is 8.91. The van der Waals surface area contributed by atoms with E-state index in [4.69, 9.17) is 28.3 Å². The Bertz CT molecular complexity index is 213. The lowest BCUT2D eigenvalue weighted by Gasteiger charge is -1.97. The lowest BCUT2D eigenvalue weighted by Crippen LogP contribution is -1.85. The first-order chi connectivity index (χ1) is 5.76. The van der Waals surface area contributed by atoms with Crippen LogP contribution in [0.1, 0.15) is 11.1 Å². The van der Waals surface area contributed by atoms with Gasteiger partial charge < -0.3 is 5.11 Å². The van der Waals surface area contributed by atoms with Gasteiger partial charge in [-0.25, -0.2) is 0 Å². The minimum absolute atomic E-state index is 0.146. The highest BCUT2D eigenvalue weighted by Crippen LogP contribution is 2.05. The Morgan fingerprint density at radius 3 is 2.08 bits per heavy atom. The molecule has 0 radical (unpaired) electrons. The summed E-state index contributed by atoms with van der Waals surface area (Å²) < 4.78 is 0. The van der Waals surface area contributed by atoms with Crippen LogP contribution in [0, 0.1) is 6.92 Å². The first-order valence-corrected chi connectivity index (χ1v) is 4.60. The summed E-state index contributed by atoms with van der Waals surface area (Å²) in [5.74, 6) is 0. The third-order valence-corrected chi connectivity index (χ3v) is 1.43. The van der Waals surface area contributed by atoms with Crippen LogP contribution in [0.4, 0.5) is 0 Å². The zero-order valence-corrected chi connectivity index (χ0v) is 8.44. The topological polar surface area (TPSA) is 20.2 Å². The minimum Gasteiger partial charge on any atom is -0.392 e. The summed E-state index contributed by atoms with van der Waals surface area (Å²) >= 11 is 9.53. The molecule has 0 unspecified atom stereocenters. The summed E-state index contributed by atoms with van der Waals surface area (Å²) in [5.41, 5.74) is 2.16. The van der Waals surface area contributed by atoms with Crippen molar-refractivity contribution >= 4 is 23.2 Å². The molecule has 0 aromatic heterocycles. The quantitative estimate of drug-likeness (QED) is 0.702. The highest BCUT2D eigenvalue weighted by molar-refractivity contribution is 6.40. The molecule has 0 aliphatic carbocycles. The predicted octanol–water partition coefficient (Wildman–Crippen LogP) is 2.91. The van der Waals surface area contributed by atoms with Crippen molar-refractivity contribution in [2.24, 2.45) is 0 Å². The summed E-state index contributed by atoms with van der Waals surface area (Å²) in [6.45, 7) is 2.14. The molecule has 0 aliphatic heterocycles. The molecule has 1 N–H and O–H groups in total. The van der Waals surface area contributed by atoms with Gasteiger partial charge in [-0.15, -0.1) is 23.2 Å². The zero-order valence-electron chi connectivity index (χ0n) is 6.93. The molecule has 1 rings (SSSR count). The summed E-state index contributed by atoms with van der Waals surface area (Å²) in [6.07, 6.45) is 0. The van der Waals surface area contributed by atoms with E-state index < -0.39 is 0 Å². The van der Waals surface area contributed by atoms with Gasteiger partial charge in [0.2, 0.25) is 0 Å². The van der Waals surface area contributed by atoms with E-state index in [1.54, 1.807) is 0 Å². The maximum atomic E-state index is 8.72. The second kappa shape index (κ2) is 7.41. The normalized spacial score (nSPS) is 8.67. The third kappa shape index (κ3) is 4.60. The van der Waals surface area contributed by atoms with Gasteiger partial charge >= 0.3 is 0 Å². The SMILES string of the molecule is Cc1ccccc1CO.ClCCl. The van der Waals surface area contributed by atoms with E-state index in [2.05, 4.69) is 0 Å². The fraction of sp³-hybridized carbons (Fsp3) is 0.333. The van der Waals surface area contributed by atoms with Crippen LogP contribution in [0.5, 0.6) is 0 Å². The third-order valence-electron chi connectivity index (χ3n) is 1.43. The number of hydrogen-bond donors (Lipinski definition) is 1. The highest BCUT2D eigenvalue weighted by Gasteiger charge is 1.90. The Balaban J connectivity index is 0.000000354. The average Bonchev–Trinajstić information content (AvgIpc) is 2.07. The number of aliphatic hydroxyl groups excluding tert-OH is 1. The summed E-state index contributed by atoms with van der Waals surface area (Å²) in [7, 11) is 0. The molecule has 3 heteroatoms. The number of aryl methyl sites for hydroxylation is 1. The average molecular weight is 207 g/mol. The molecule has 1 nitrogen and oxygen atoms in total. The van der Waals surface area contributed by atoms with E-state index in [0.29, 0.717) is 0 Å². The van der Waals surface area contributed by atoms with Crippen molar-refractivity contribution in [1.29, 1.82) is 0 Å². The molecule has 12 heavy (non-hydrogen) atoms. The largest absolute Gasteiger partial charge is 0.392 e. The van der Waals surface area contributed by atoms with Gasteiger partial charge in [-0.3, -0.25) is 0 Å². The summed E-state index contributed by atoms with van der Waals surface area (Å²) in [6, 6.07) is 7.81. The molecule has 68 valence electrons. The van der Waals surface area contributed by atoms with Gasteiger partial charge in [-0.05, 0) is 18.1 Å². The van der Waals surface area contributed by atoms with Crippen molar-refractivity contribution in [1.82, 2.24) is 0 Å². The van der Waals surface area contributed by atoms with E-state index >= 15 is 0 Å². The molecule has 1 aromatic rings. The van der Waals surface area contributed by atoms with Gasteiger partial charge in [0.05, 0.1) is 11.9 Å². The van der Waals surface area contributed by atoms with Crippen molar-refractivity contribution in [2.45, 2.75) is 13.5 Å². The van der Waals surface area contributed by atoms with Crippen LogP contribution < -0.4 is 0 Å². The van der Waals surface area contributed by atoms with Crippen LogP contribution in [0.25, 0.3) is 0 Å². The van der Waals surface area contributed by atoms with Crippen LogP contribution in [0.3, 0.4) is 0 Å². The molecule has 0 amide bonds. The summed E-state index contributed by atoms with van der Waals surface area (Å²) in [4.78, 5) is 0. The van der Waals surface area contributed by atoms with Crippen molar-refractivity contribution < 1.29 is 5.11 Å². The van der Waals surface area contributed by atoms with E-state index in [0.717, 1.165) is 11.1 Å². The van der Waals surface area contributed by atoms with Crippen LogP contribution in [-0.4, -0.2) is 10.4 Å². The van der Waals surface area contributed by atoms with Gasteiger partial charge in [-0.1, -0.05) is 24.3 Å². The van der Waals surface area contributed by atoms with E-state index in [1.807, 2.05) is 31.2 Å². The van der Waals surface area contributed by atoms with Crippen molar-refractivity contribution in [3.8, 4) is 0 Å². The maximum absolute atomic E-state index is 8.72. The molecule has 0 spiro atoms. The standard InChI is InChI=1S/C8H10O.CH2Cl2/c1-7-4-2-3-5-8(7)6-9;2-1-3/h2-5,9H,6H2,1H3;1H2. The van der Waals surface area contributed by atoms with Gasteiger partial charge in [0.25, 0.3) is 0 Å². The number of hydrogen-bond acceptors (Lipinski definition) is 1. The Kier molecular flexibility index (Phi) is 7.26. The predicted molar refractivity (Wildman–Crippen MR) is 53.7 cm³/mol. The molecular formula is C9H12Cl2O. The molecule has 0 heterocycles. The highest BCUT2D eigenvalue weighted by atomic mass is 35.5. The van der Waals surface area contributed by atoms with Gasteiger partial charge in [-0.2, -0.15) is 0 Å². The van der Waals surface area contributed by atoms with E-state index in [1.165, 1.54) is 0 Å². The van der Waals surface area contributed by atoms with Crippen LogP contribution in [0.15, 0.2) is 24.3 Å². The number of aliphatic hydroxyl groups is 1.